The van der Waals surface area contributed by atoms with Crippen molar-refractivity contribution in [3.8, 4) is 0 Å². The summed E-state index contributed by atoms with van der Waals surface area (Å²) in [5.74, 6) is -0.210. The Morgan fingerprint density at radius 3 is 2.46 bits per heavy atom. The van der Waals surface area contributed by atoms with E-state index in [9.17, 15) is 13.2 Å². The third-order valence-corrected chi connectivity index (χ3v) is 5.96. The fourth-order valence-electron chi connectivity index (χ4n) is 2.98. The molecule has 26 heavy (non-hydrogen) atoms. The summed E-state index contributed by atoms with van der Waals surface area (Å²) >= 11 is 0. The Kier molecular flexibility index (Phi) is 5.13. The van der Waals surface area contributed by atoms with E-state index in [1.165, 1.54) is 0 Å². The van der Waals surface area contributed by atoms with Crippen LogP contribution in [0.2, 0.25) is 0 Å². The molecule has 0 fully saturated rings. The largest absolute Gasteiger partial charge is 0.355 e. The van der Waals surface area contributed by atoms with Gasteiger partial charge in [0.2, 0.25) is 5.91 Å². The molecule has 3 aromatic rings. The summed E-state index contributed by atoms with van der Waals surface area (Å²) in [6.07, 6.45) is 1.57. The quantitative estimate of drug-likeness (QED) is 0.725. The highest BCUT2D eigenvalue weighted by molar-refractivity contribution is 7.90. The molecule has 1 N–H and O–H groups in total. The molecule has 2 aromatic carbocycles. The van der Waals surface area contributed by atoms with Gasteiger partial charge in [-0.1, -0.05) is 48.0 Å². The molecule has 1 amide bonds. The van der Waals surface area contributed by atoms with Gasteiger partial charge in [-0.2, -0.15) is 0 Å². The van der Waals surface area contributed by atoms with E-state index in [1.54, 1.807) is 16.8 Å². The fraction of sp³-hybridized carbons (Fsp3) is 0.250. The summed E-state index contributed by atoms with van der Waals surface area (Å²) in [6, 6.07) is 14.7. The molecule has 0 saturated heterocycles. The number of rotatable bonds is 6. The Bertz CT molecular complexity index is 1030. The van der Waals surface area contributed by atoms with E-state index >= 15 is 0 Å². The number of amides is 1. The minimum atomic E-state index is -3.53. The molecular weight excluding hydrogens is 348 g/mol. The number of sulfone groups is 1. The number of hydrogen-bond acceptors (Lipinski definition) is 3. The summed E-state index contributed by atoms with van der Waals surface area (Å²) in [5.41, 5.74) is 2.57. The molecule has 1 aromatic heterocycles. The van der Waals surface area contributed by atoms with Gasteiger partial charge < -0.3 is 9.88 Å². The highest BCUT2D eigenvalue weighted by Gasteiger charge is 2.22. The SMILES string of the molecule is CCNC(=O)Cn1cc(S(=O)(=O)Cc2ccc(C)cc2)c2ccccc21. The average Bonchev–Trinajstić information content (AvgIpc) is 2.97. The zero-order valence-corrected chi connectivity index (χ0v) is 15.7. The van der Waals surface area contributed by atoms with Gasteiger partial charge in [-0.3, -0.25) is 4.79 Å². The number of nitrogens with one attached hydrogen (secondary N) is 1. The van der Waals surface area contributed by atoms with Crippen LogP contribution in [-0.4, -0.2) is 25.4 Å². The van der Waals surface area contributed by atoms with Crippen LogP contribution in [0, 0.1) is 6.92 Å². The van der Waals surface area contributed by atoms with Crippen LogP contribution in [0.15, 0.2) is 59.6 Å². The van der Waals surface area contributed by atoms with Crippen LogP contribution in [0.25, 0.3) is 10.9 Å². The van der Waals surface area contributed by atoms with Crippen LogP contribution in [0.5, 0.6) is 0 Å². The standard InChI is InChI=1S/C20H22N2O3S/c1-3-21-20(23)13-22-12-19(17-6-4-5-7-18(17)22)26(24,25)14-16-10-8-15(2)9-11-16/h4-12H,3,13-14H2,1-2H3,(H,21,23). The molecule has 1 heterocycles. The Balaban J connectivity index is 2.01. The van der Waals surface area contributed by atoms with Gasteiger partial charge in [0.25, 0.3) is 0 Å². The Morgan fingerprint density at radius 1 is 1.08 bits per heavy atom. The van der Waals surface area contributed by atoms with Crippen molar-refractivity contribution in [3.63, 3.8) is 0 Å². The van der Waals surface area contributed by atoms with Crippen molar-refractivity contribution in [1.29, 1.82) is 0 Å². The number of aryl methyl sites for hydroxylation is 1. The number of benzene rings is 2. The summed E-state index contributed by atoms with van der Waals surface area (Å²) in [5, 5.41) is 3.39. The van der Waals surface area contributed by atoms with Crippen LogP contribution >= 0.6 is 0 Å². The Hall–Kier alpha value is -2.60. The van der Waals surface area contributed by atoms with Crippen LogP contribution in [0.1, 0.15) is 18.1 Å². The topological polar surface area (TPSA) is 68.2 Å². The van der Waals surface area contributed by atoms with Crippen LogP contribution in [0.4, 0.5) is 0 Å². The molecule has 0 radical (unpaired) electrons. The molecule has 0 bridgehead atoms. The third-order valence-electron chi connectivity index (χ3n) is 4.25. The van der Waals surface area contributed by atoms with Crippen molar-refractivity contribution in [1.82, 2.24) is 9.88 Å². The summed E-state index contributed by atoms with van der Waals surface area (Å²) in [7, 11) is -3.53. The molecule has 0 saturated carbocycles. The van der Waals surface area contributed by atoms with E-state index in [0.29, 0.717) is 11.9 Å². The van der Waals surface area contributed by atoms with Gasteiger partial charge in [0.1, 0.15) is 6.54 Å². The Labute approximate surface area is 153 Å². The average molecular weight is 370 g/mol. The number of aromatic nitrogens is 1. The molecule has 0 spiro atoms. The van der Waals surface area contributed by atoms with Gasteiger partial charge in [0.05, 0.1) is 10.6 Å². The second-order valence-corrected chi connectivity index (χ2v) is 8.29. The lowest BCUT2D eigenvalue weighted by atomic mass is 10.2. The maximum atomic E-state index is 13.0. The lowest BCUT2D eigenvalue weighted by Crippen LogP contribution is -2.26. The van der Waals surface area contributed by atoms with Gasteiger partial charge in [0, 0.05) is 23.6 Å². The molecule has 0 aliphatic rings. The van der Waals surface area contributed by atoms with Crippen LogP contribution in [0.3, 0.4) is 0 Å². The number of nitrogens with zero attached hydrogens (tertiary/aromatic N) is 1. The number of fused-ring (bicyclic) bond motifs is 1. The lowest BCUT2D eigenvalue weighted by Gasteiger charge is -2.05. The molecule has 0 unspecified atom stereocenters. The first-order chi connectivity index (χ1) is 12.4. The highest BCUT2D eigenvalue weighted by atomic mass is 32.2. The van der Waals surface area contributed by atoms with Crippen molar-refractivity contribution < 1.29 is 13.2 Å². The van der Waals surface area contributed by atoms with Crippen molar-refractivity contribution in [3.05, 3.63) is 65.9 Å². The van der Waals surface area contributed by atoms with E-state index in [2.05, 4.69) is 5.32 Å². The van der Waals surface area contributed by atoms with Crippen molar-refractivity contribution >= 4 is 26.6 Å². The predicted octanol–water partition coefficient (Wildman–Crippen LogP) is 3.06. The summed E-state index contributed by atoms with van der Waals surface area (Å²) in [4.78, 5) is 12.2. The number of hydrogen-bond donors (Lipinski definition) is 1. The maximum absolute atomic E-state index is 13.0. The molecule has 136 valence electrons. The van der Waals surface area contributed by atoms with Crippen LogP contribution in [-0.2, 0) is 26.9 Å². The van der Waals surface area contributed by atoms with Gasteiger partial charge in [-0.15, -0.1) is 0 Å². The van der Waals surface area contributed by atoms with Crippen molar-refractivity contribution in [2.75, 3.05) is 6.54 Å². The van der Waals surface area contributed by atoms with Gasteiger partial charge >= 0.3 is 0 Å². The monoisotopic (exact) mass is 370 g/mol. The van der Waals surface area contributed by atoms with E-state index in [-0.39, 0.29) is 23.1 Å². The normalized spacial score (nSPS) is 11.6. The van der Waals surface area contributed by atoms with Crippen molar-refractivity contribution in [2.24, 2.45) is 0 Å². The minimum absolute atomic E-state index is 0.0670. The second kappa shape index (κ2) is 7.33. The second-order valence-electron chi connectivity index (χ2n) is 6.34. The summed E-state index contributed by atoms with van der Waals surface area (Å²) in [6.45, 7) is 4.45. The highest BCUT2D eigenvalue weighted by Crippen LogP contribution is 2.28. The van der Waals surface area contributed by atoms with Gasteiger partial charge in [-0.25, -0.2) is 8.42 Å². The van der Waals surface area contributed by atoms with E-state index < -0.39 is 9.84 Å². The maximum Gasteiger partial charge on any atom is 0.239 e. The lowest BCUT2D eigenvalue weighted by molar-refractivity contribution is -0.121. The first kappa shape index (κ1) is 18.2. The first-order valence-electron chi connectivity index (χ1n) is 8.53. The van der Waals surface area contributed by atoms with E-state index in [4.69, 9.17) is 0 Å². The van der Waals surface area contributed by atoms with Gasteiger partial charge in [-0.05, 0) is 25.5 Å². The molecular formula is C20H22N2O3S. The molecule has 6 heteroatoms. The molecule has 0 aliphatic heterocycles. The number of carbonyl (C=O) groups excluding carboxylic acids is 1. The van der Waals surface area contributed by atoms with E-state index in [0.717, 1.165) is 16.6 Å². The van der Waals surface area contributed by atoms with Crippen LogP contribution < -0.4 is 5.32 Å². The molecule has 0 atom stereocenters. The summed E-state index contributed by atoms with van der Waals surface area (Å²) < 4.78 is 27.7. The zero-order chi connectivity index (χ0) is 18.7. The predicted molar refractivity (Wildman–Crippen MR) is 103 cm³/mol. The van der Waals surface area contributed by atoms with Crippen molar-refractivity contribution in [2.45, 2.75) is 31.0 Å². The molecule has 3 rings (SSSR count). The molecule has 5 nitrogen and oxygen atoms in total. The Morgan fingerprint density at radius 2 is 1.77 bits per heavy atom. The number of likely N-dealkylation sites (N-methyl/N-ethyl adjacent to an activating group) is 1. The zero-order valence-electron chi connectivity index (χ0n) is 14.9. The number of carbonyl (C=O) groups is 1. The first-order valence-corrected chi connectivity index (χ1v) is 10.2. The smallest absolute Gasteiger partial charge is 0.239 e. The van der Waals surface area contributed by atoms with E-state index in [1.807, 2.05) is 56.3 Å². The number of para-hydroxylation sites is 1. The fourth-order valence-corrected chi connectivity index (χ4v) is 4.56. The molecule has 0 aliphatic carbocycles. The minimum Gasteiger partial charge on any atom is -0.355 e. The van der Waals surface area contributed by atoms with Gasteiger partial charge in [0.15, 0.2) is 9.84 Å². The third kappa shape index (κ3) is 3.80.